The Labute approximate surface area is 215 Å². The van der Waals surface area contributed by atoms with Gasteiger partial charge < -0.3 is 4.74 Å². The minimum atomic E-state index is -4.72. The second kappa shape index (κ2) is 9.94. The summed E-state index contributed by atoms with van der Waals surface area (Å²) >= 11 is 0. The summed E-state index contributed by atoms with van der Waals surface area (Å²) in [5.74, 6) is -1.41. The minimum Gasteiger partial charge on any atom is -0.428 e. The van der Waals surface area contributed by atoms with Gasteiger partial charge in [-0.3, -0.25) is 4.79 Å². The monoisotopic (exact) mass is 575 g/mol. The lowest BCUT2D eigenvalue weighted by Gasteiger charge is -2.17. The smallest absolute Gasteiger partial charge is 0.428 e. The van der Waals surface area contributed by atoms with Crippen molar-refractivity contribution < 1.29 is 43.9 Å². The molecule has 0 aliphatic heterocycles. The molecular weight excluding hydrogens is 559 g/mol. The average molecular weight is 575 g/mol. The van der Waals surface area contributed by atoms with Crippen LogP contribution in [0.1, 0.15) is 12.5 Å². The molecular formula is C24H16F7N3O4S. The Bertz CT molecular complexity index is 1700. The van der Waals surface area contributed by atoms with Crippen LogP contribution < -0.4 is 10.3 Å². The van der Waals surface area contributed by atoms with Crippen LogP contribution in [0.15, 0.2) is 70.6 Å². The van der Waals surface area contributed by atoms with E-state index in [0.717, 1.165) is 42.7 Å². The molecule has 206 valence electrons. The molecule has 0 N–H and O–H groups in total. The Morgan fingerprint density at radius 1 is 0.949 bits per heavy atom. The molecule has 0 radical (unpaired) electrons. The summed E-state index contributed by atoms with van der Waals surface area (Å²) in [6, 6.07) is 7.88. The average Bonchev–Trinajstić information content (AvgIpc) is 2.88. The molecule has 0 spiro atoms. The summed E-state index contributed by atoms with van der Waals surface area (Å²) in [7, 11) is -4.06. The second-order valence-electron chi connectivity index (χ2n) is 8.10. The third-order valence-electron chi connectivity index (χ3n) is 5.56. The molecule has 0 fully saturated rings. The van der Waals surface area contributed by atoms with Crippen LogP contribution in [0.2, 0.25) is 0 Å². The van der Waals surface area contributed by atoms with Crippen molar-refractivity contribution in [2.24, 2.45) is 0 Å². The maximum absolute atomic E-state index is 13.2. The van der Waals surface area contributed by atoms with E-state index >= 15 is 0 Å². The van der Waals surface area contributed by atoms with Gasteiger partial charge in [0.15, 0.2) is 15.7 Å². The van der Waals surface area contributed by atoms with E-state index in [1.807, 2.05) is 0 Å². The number of fused-ring (bicyclic) bond motifs is 1. The quantitative estimate of drug-likeness (QED) is 0.271. The zero-order chi connectivity index (χ0) is 28.8. The van der Waals surface area contributed by atoms with Gasteiger partial charge in [-0.2, -0.15) is 40.5 Å². The van der Waals surface area contributed by atoms with Gasteiger partial charge in [0.25, 0.3) is 5.56 Å². The van der Waals surface area contributed by atoms with Gasteiger partial charge in [-0.05, 0) is 42.0 Å². The highest BCUT2D eigenvalue weighted by atomic mass is 32.2. The Morgan fingerprint density at radius 2 is 1.62 bits per heavy atom. The number of hydrogen-bond acceptors (Lipinski definition) is 6. The van der Waals surface area contributed by atoms with E-state index in [9.17, 15) is 43.9 Å². The van der Waals surface area contributed by atoms with E-state index in [1.54, 1.807) is 0 Å². The standard InChI is InChI=1S/C24H16F7N3O4S/c1-2-39(36,37)19-10-14(13-3-6-17(7-4-13)38-24(30,31)22(25)26)11-32-20(19)34-21(35)18-8-5-16(23(27,28)29)9-15(18)12-33-34/h3-12,22H,2H2,1H3. The largest absolute Gasteiger partial charge is 0.461 e. The van der Waals surface area contributed by atoms with Crippen molar-refractivity contribution >= 4 is 20.6 Å². The first-order valence-electron chi connectivity index (χ1n) is 10.9. The molecule has 0 unspecified atom stereocenters. The first-order chi connectivity index (χ1) is 18.1. The molecule has 0 aliphatic rings. The third kappa shape index (κ3) is 5.57. The first-order valence-corrected chi connectivity index (χ1v) is 12.6. The minimum absolute atomic E-state index is 0.123. The van der Waals surface area contributed by atoms with Crippen LogP contribution >= 0.6 is 0 Å². The number of hydrogen-bond donors (Lipinski definition) is 0. The van der Waals surface area contributed by atoms with E-state index in [1.165, 1.54) is 19.1 Å². The molecule has 0 atom stereocenters. The van der Waals surface area contributed by atoms with Crippen LogP contribution in [-0.4, -0.2) is 41.5 Å². The zero-order valence-corrected chi connectivity index (χ0v) is 20.4. The van der Waals surface area contributed by atoms with Gasteiger partial charge in [0.2, 0.25) is 0 Å². The topological polar surface area (TPSA) is 91.2 Å². The highest BCUT2D eigenvalue weighted by Crippen LogP contribution is 2.32. The number of sulfone groups is 1. The van der Waals surface area contributed by atoms with Gasteiger partial charge in [-0.1, -0.05) is 19.1 Å². The summed E-state index contributed by atoms with van der Waals surface area (Å²) in [5, 5.41) is 3.54. The van der Waals surface area contributed by atoms with Crippen LogP contribution in [0.25, 0.3) is 27.7 Å². The fourth-order valence-corrected chi connectivity index (χ4v) is 4.57. The number of nitrogens with zero attached hydrogens (tertiary/aromatic N) is 3. The van der Waals surface area contributed by atoms with Crippen LogP contribution in [0.5, 0.6) is 5.75 Å². The molecule has 0 saturated carbocycles. The van der Waals surface area contributed by atoms with Crippen LogP contribution in [0, 0.1) is 0 Å². The lowest BCUT2D eigenvalue weighted by atomic mass is 10.1. The van der Waals surface area contributed by atoms with E-state index in [4.69, 9.17) is 0 Å². The van der Waals surface area contributed by atoms with Crippen molar-refractivity contribution in [3.8, 4) is 22.7 Å². The number of halogens is 7. The molecule has 2 aromatic carbocycles. The van der Waals surface area contributed by atoms with Crippen molar-refractivity contribution in [3.05, 3.63) is 76.8 Å². The number of benzene rings is 2. The Kier molecular flexibility index (Phi) is 7.14. The molecule has 7 nitrogen and oxygen atoms in total. The van der Waals surface area contributed by atoms with Crippen LogP contribution in [-0.2, 0) is 16.0 Å². The van der Waals surface area contributed by atoms with Gasteiger partial charge in [0, 0.05) is 17.1 Å². The predicted octanol–water partition coefficient (Wildman–Crippen LogP) is 5.50. The fourth-order valence-electron chi connectivity index (χ4n) is 3.53. The third-order valence-corrected chi connectivity index (χ3v) is 7.29. The maximum atomic E-state index is 13.2. The first kappa shape index (κ1) is 28.0. The van der Waals surface area contributed by atoms with Gasteiger partial charge in [-0.15, -0.1) is 0 Å². The van der Waals surface area contributed by atoms with Crippen LogP contribution in [0.3, 0.4) is 0 Å². The summed E-state index contributed by atoms with van der Waals surface area (Å²) in [6.45, 7) is 1.33. The van der Waals surface area contributed by atoms with Crippen molar-refractivity contribution in [2.75, 3.05) is 5.75 Å². The van der Waals surface area contributed by atoms with E-state index in [2.05, 4.69) is 14.8 Å². The molecule has 4 aromatic rings. The van der Waals surface area contributed by atoms with E-state index in [-0.39, 0.29) is 21.9 Å². The van der Waals surface area contributed by atoms with E-state index in [0.29, 0.717) is 10.7 Å². The van der Waals surface area contributed by atoms with Crippen molar-refractivity contribution in [2.45, 2.75) is 30.5 Å². The number of aromatic nitrogens is 3. The molecule has 2 heterocycles. The Balaban J connectivity index is 1.80. The van der Waals surface area contributed by atoms with Crippen LogP contribution in [0.4, 0.5) is 30.7 Å². The molecule has 15 heteroatoms. The Morgan fingerprint density at radius 3 is 2.21 bits per heavy atom. The number of pyridine rings is 1. The summed E-state index contributed by atoms with van der Waals surface area (Å²) < 4.78 is 121. The zero-order valence-electron chi connectivity index (χ0n) is 19.6. The summed E-state index contributed by atoms with van der Waals surface area (Å²) in [5.41, 5.74) is -1.52. The number of ether oxygens (including phenoxy) is 1. The molecule has 4 rings (SSSR count). The van der Waals surface area contributed by atoms with Gasteiger partial charge in [0.1, 0.15) is 10.6 Å². The predicted molar refractivity (Wildman–Crippen MR) is 125 cm³/mol. The van der Waals surface area contributed by atoms with E-state index < -0.39 is 61.9 Å². The van der Waals surface area contributed by atoms with Gasteiger partial charge >= 0.3 is 18.7 Å². The molecule has 0 saturated heterocycles. The number of rotatable bonds is 7. The summed E-state index contributed by atoms with van der Waals surface area (Å²) in [4.78, 5) is 16.7. The summed E-state index contributed by atoms with van der Waals surface area (Å²) in [6.07, 6.45) is -11.3. The van der Waals surface area contributed by atoms with Gasteiger partial charge in [-0.25, -0.2) is 13.4 Å². The lowest BCUT2D eigenvalue weighted by molar-refractivity contribution is -0.253. The van der Waals surface area contributed by atoms with Gasteiger partial charge in [0.05, 0.1) is 22.9 Å². The molecule has 2 aromatic heterocycles. The number of alkyl halides is 7. The van der Waals surface area contributed by atoms with Crippen molar-refractivity contribution in [1.29, 1.82) is 0 Å². The molecule has 0 amide bonds. The Hall–Kier alpha value is -4.01. The second-order valence-corrected chi connectivity index (χ2v) is 10.3. The van der Waals surface area contributed by atoms with Crippen molar-refractivity contribution in [3.63, 3.8) is 0 Å². The highest BCUT2D eigenvalue weighted by molar-refractivity contribution is 7.91. The molecule has 0 bridgehead atoms. The highest BCUT2D eigenvalue weighted by Gasteiger charge is 2.44. The fraction of sp³-hybridized carbons (Fsp3) is 0.208. The molecule has 39 heavy (non-hydrogen) atoms. The SMILES string of the molecule is CCS(=O)(=O)c1cc(-c2ccc(OC(F)(F)C(F)F)cc2)cnc1-n1ncc2cc(C(F)(F)F)ccc2c1=O. The lowest BCUT2D eigenvalue weighted by Crippen LogP contribution is -2.33. The van der Waals surface area contributed by atoms with Crippen molar-refractivity contribution in [1.82, 2.24) is 14.8 Å². The molecule has 0 aliphatic carbocycles. The maximum Gasteiger partial charge on any atom is 0.461 e. The normalized spacial score (nSPS) is 12.7.